The highest BCUT2D eigenvalue weighted by atomic mass is 79.9. The highest BCUT2D eigenvalue weighted by Gasteiger charge is 2.26. The molecule has 30 heavy (non-hydrogen) atoms. The maximum Gasteiger partial charge on any atom is 0.242 e. The first-order valence-corrected chi connectivity index (χ1v) is 10.7. The maximum atomic E-state index is 13.1. The van der Waals surface area contributed by atoms with Crippen molar-refractivity contribution in [2.24, 2.45) is 0 Å². The zero-order valence-electron chi connectivity index (χ0n) is 16.4. The van der Waals surface area contributed by atoms with Crippen LogP contribution < -0.4 is 4.74 Å². The number of carbonyl (C=O) groups excluding carboxylic acids is 1. The summed E-state index contributed by atoms with van der Waals surface area (Å²) in [6, 6.07) is 15.5. The molecule has 1 aliphatic rings. The Morgan fingerprint density at radius 2 is 2.00 bits per heavy atom. The number of H-pyrrole nitrogens is 1. The monoisotopic (exact) mass is 488 g/mol. The van der Waals surface area contributed by atoms with Crippen LogP contribution in [0.15, 0.2) is 53.0 Å². The Labute approximate surface area is 187 Å². The van der Waals surface area contributed by atoms with E-state index in [1.807, 2.05) is 53.4 Å². The second-order valence-corrected chi connectivity index (χ2v) is 8.22. The van der Waals surface area contributed by atoms with Crippen LogP contribution in [0.4, 0.5) is 0 Å². The zero-order valence-corrected chi connectivity index (χ0v) is 18.8. The van der Waals surface area contributed by atoms with Crippen molar-refractivity contribution >= 4 is 34.1 Å². The summed E-state index contributed by atoms with van der Waals surface area (Å²) in [4.78, 5) is 14.9. The van der Waals surface area contributed by atoms with Crippen LogP contribution in [0.2, 0.25) is 0 Å². The van der Waals surface area contributed by atoms with Crippen LogP contribution >= 0.6 is 28.1 Å². The fourth-order valence-corrected chi connectivity index (χ4v) is 3.88. The number of carbonyl (C=O) groups is 1. The molecule has 3 aromatic rings. The van der Waals surface area contributed by atoms with Crippen LogP contribution in [0, 0.1) is 4.77 Å². The Balaban J connectivity index is 1.50. The fraction of sp³-hybridized carbons (Fsp3) is 0.286. The molecule has 0 aliphatic carbocycles. The number of nitrogens with one attached hydrogen (secondary N) is 1. The van der Waals surface area contributed by atoms with Gasteiger partial charge in [-0.1, -0.05) is 28.1 Å². The molecule has 1 saturated heterocycles. The lowest BCUT2D eigenvalue weighted by atomic mass is 10.1. The van der Waals surface area contributed by atoms with Gasteiger partial charge in [-0.25, -0.2) is 0 Å². The number of benzene rings is 2. The molecule has 1 unspecified atom stereocenters. The van der Waals surface area contributed by atoms with Gasteiger partial charge < -0.3 is 14.4 Å². The van der Waals surface area contributed by atoms with Crippen molar-refractivity contribution in [3.8, 4) is 17.1 Å². The number of amides is 1. The molecule has 1 fully saturated rings. The number of nitrogens with zero attached hydrogens (tertiary/aromatic N) is 3. The van der Waals surface area contributed by atoms with Crippen LogP contribution in [0.3, 0.4) is 0 Å². The second kappa shape index (κ2) is 9.11. The molecule has 0 bridgehead atoms. The first kappa shape index (κ1) is 20.8. The Morgan fingerprint density at radius 3 is 2.70 bits per heavy atom. The summed E-state index contributed by atoms with van der Waals surface area (Å²) in [7, 11) is 1.62. The molecule has 156 valence electrons. The summed E-state index contributed by atoms with van der Waals surface area (Å²) in [6.07, 6.45) is -0.144. The fourth-order valence-electron chi connectivity index (χ4n) is 3.41. The highest BCUT2D eigenvalue weighted by molar-refractivity contribution is 9.10. The van der Waals surface area contributed by atoms with E-state index in [9.17, 15) is 4.79 Å². The number of rotatable bonds is 5. The average molecular weight is 489 g/mol. The lowest BCUT2D eigenvalue weighted by Gasteiger charge is -2.33. The molecule has 1 amide bonds. The van der Waals surface area contributed by atoms with E-state index in [-0.39, 0.29) is 18.6 Å². The summed E-state index contributed by atoms with van der Waals surface area (Å²) in [5, 5.41) is 7.11. The van der Waals surface area contributed by atoms with Gasteiger partial charge in [0.05, 0.1) is 20.3 Å². The number of aromatic nitrogens is 3. The molecule has 0 spiro atoms. The molecule has 2 heterocycles. The van der Waals surface area contributed by atoms with Gasteiger partial charge in [0.1, 0.15) is 18.4 Å². The van der Waals surface area contributed by atoms with Crippen molar-refractivity contribution in [3.63, 3.8) is 0 Å². The minimum Gasteiger partial charge on any atom is -0.497 e. The normalized spacial score (nSPS) is 16.5. The number of aromatic amines is 1. The van der Waals surface area contributed by atoms with Gasteiger partial charge >= 0.3 is 0 Å². The van der Waals surface area contributed by atoms with E-state index in [0.29, 0.717) is 30.3 Å². The third-order valence-corrected chi connectivity index (χ3v) is 5.90. The SMILES string of the molecule is COc1ccc(-c2n[nH]c(=S)n2CC(=O)N2CCOC(c3ccc(Br)cc3)C2)cc1. The van der Waals surface area contributed by atoms with E-state index in [1.54, 1.807) is 11.7 Å². The largest absolute Gasteiger partial charge is 0.497 e. The number of methoxy groups -OCH3 is 1. The number of hydrogen-bond acceptors (Lipinski definition) is 5. The first-order valence-electron chi connectivity index (χ1n) is 9.49. The van der Waals surface area contributed by atoms with Crippen LogP contribution in [0.1, 0.15) is 11.7 Å². The minimum atomic E-state index is -0.144. The van der Waals surface area contributed by atoms with E-state index in [4.69, 9.17) is 21.7 Å². The summed E-state index contributed by atoms with van der Waals surface area (Å²) in [6.45, 7) is 1.66. The van der Waals surface area contributed by atoms with Crippen LogP contribution in [-0.4, -0.2) is 52.4 Å². The van der Waals surface area contributed by atoms with Crippen molar-refractivity contribution < 1.29 is 14.3 Å². The summed E-state index contributed by atoms with van der Waals surface area (Å²) in [5.41, 5.74) is 1.90. The first-order chi connectivity index (χ1) is 14.5. The van der Waals surface area contributed by atoms with Crippen LogP contribution in [-0.2, 0) is 16.1 Å². The van der Waals surface area contributed by atoms with Gasteiger partial charge in [0, 0.05) is 16.6 Å². The maximum absolute atomic E-state index is 13.1. The Bertz CT molecular complexity index is 1080. The zero-order chi connectivity index (χ0) is 21.1. The topological polar surface area (TPSA) is 72.4 Å². The van der Waals surface area contributed by atoms with E-state index < -0.39 is 0 Å². The van der Waals surface area contributed by atoms with Crippen molar-refractivity contribution in [3.05, 3.63) is 63.3 Å². The van der Waals surface area contributed by atoms with Gasteiger partial charge in [-0.3, -0.25) is 14.5 Å². The van der Waals surface area contributed by atoms with E-state index in [1.165, 1.54) is 0 Å². The van der Waals surface area contributed by atoms with Gasteiger partial charge in [-0.15, -0.1) is 0 Å². The van der Waals surface area contributed by atoms with E-state index in [0.717, 1.165) is 21.3 Å². The number of morpholine rings is 1. The van der Waals surface area contributed by atoms with Gasteiger partial charge in [0.15, 0.2) is 10.6 Å². The molecular formula is C21H21BrN4O3S. The highest BCUT2D eigenvalue weighted by Crippen LogP contribution is 2.25. The molecule has 0 radical (unpaired) electrons. The summed E-state index contributed by atoms with van der Waals surface area (Å²) < 4.78 is 14.2. The molecule has 1 N–H and O–H groups in total. The lowest BCUT2D eigenvalue weighted by Crippen LogP contribution is -2.43. The van der Waals surface area contributed by atoms with Gasteiger partial charge in [-0.05, 0) is 54.2 Å². The molecular weight excluding hydrogens is 468 g/mol. The number of ether oxygens (including phenoxy) is 2. The quantitative estimate of drug-likeness (QED) is 0.549. The molecule has 9 heteroatoms. The van der Waals surface area contributed by atoms with Crippen LogP contribution in [0.5, 0.6) is 5.75 Å². The van der Waals surface area contributed by atoms with E-state index in [2.05, 4.69) is 26.1 Å². The van der Waals surface area contributed by atoms with Crippen molar-refractivity contribution in [2.45, 2.75) is 12.6 Å². The molecule has 1 atom stereocenters. The lowest BCUT2D eigenvalue weighted by molar-refractivity contribution is -0.139. The van der Waals surface area contributed by atoms with Crippen molar-refractivity contribution in [2.75, 3.05) is 26.8 Å². The van der Waals surface area contributed by atoms with E-state index >= 15 is 0 Å². The minimum absolute atomic E-state index is 0.0207. The Hall–Kier alpha value is -2.49. The van der Waals surface area contributed by atoms with Crippen LogP contribution in [0.25, 0.3) is 11.4 Å². The molecule has 7 nitrogen and oxygen atoms in total. The smallest absolute Gasteiger partial charge is 0.242 e. The summed E-state index contributed by atoms with van der Waals surface area (Å²) >= 11 is 8.82. The predicted molar refractivity (Wildman–Crippen MR) is 119 cm³/mol. The third kappa shape index (κ3) is 4.48. The third-order valence-electron chi connectivity index (χ3n) is 5.06. The van der Waals surface area contributed by atoms with Gasteiger partial charge in [-0.2, -0.15) is 5.10 Å². The molecule has 1 aromatic heterocycles. The summed E-state index contributed by atoms with van der Waals surface area (Å²) in [5.74, 6) is 1.35. The predicted octanol–water partition coefficient (Wildman–Crippen LogP) is 3.98. The standard InChI is InChI=1S/C21H21BrN4O3S/c1-28-17-8-4-15(5-9-17)20-23-24-21(30)26(20)13-19(27)25-10-11-29-18(12-25)14-2-6-16(22)7-3-14/h2-9,18H,10-13H2,1H3,(H,24,30). The number of hydrogen-bond donors (Lipinski definition) is 1. The number of halogens is 1. The second-order valence-electron chi connectivity index (χ2n) is 6.92. The molecule has 4 rings (SSSR count). The Kier molecular flexibility index (Phi) is 6.31. The van der Waals surface area contributed by atoms with Gasteiger partial charge in [0.2, 0.25) is 5.91 Å². The van der Waals surface area contributed by atoms with Crippen molar-refractivity contribution in [1.29, 1.82) is 0 Å². The molecule has 0 saturated carbocycles. The molecule has 1 aliphatic heterocycles. The Morgan fingerprint density at radius 1 is 1.27 bits per heavy atom. The molecule has 2 aromatic carbocycles. The van der Waals surface area contributed by atoms with Gasteiger partial charge in [0.25, 0.3) is 0 Å². The average Bonchev–Trinajstić information content (AvgIpc) is 3.14. The van der Waals surface area contributed by atoms with Crippen molar-refractivity contribution in [1.82, 2.24) is 19.7 Å².